The number of pyridine rings is 2. The first-order valence-corrected chi connectivity index (χ1v) is 11.7. The van der Waals surface area contributed by atoms with Gasteiger partial charge in [-0.15, -0.1) is 0 Å². The highest BCUT2D eigenvalue weighted by Crippen LogP contribution is 2.37. The third kappa shape index (κ3) is 5.41. The van der Waals surface area contributed by atoms with Crippen molar-refractivity contribution in [2.24, 2.45) is 0 Å². The van der Waals surface area contributed by atoms with E-state index in [1.807, 2.05) is 31.3 Å². The highest BCUT2D eigenvalue weighted by atomic mass is 16.2. The molecule has 0 aliphatic carbocycles. The van der Waals surface area contributed by atoms with E-state index < -0.39 is 0 Å². The number of nitrogens with one attached hydrogen (secondary N) is 3. The Kier molecular flexibility index (Phi) is 7.37. The largest absolute Gasteiger partial charge is 0.397 e. The highest BCUT2D eigenvalue weighted by molar-refractivity contribution is 5.91. The summed E-state index contributed by atoms with van der Waals surface area (Å²) in [5.74, 6) is 2.33. The fourth-order valence-electron chi connectivity index (χ4n) is 4.99. The maximum atomic E-state index is 8.95. The van der Waals surface area contributed by atoms with Crippen LogP contribution < -0.4 is 10.6 Å². The van der Waals surface area contributed by atoms with Gasteiger partial charge < -0.3 is 15.7 Å². The van der Waals surface area contributed by atoms with E-state index >= 15 is 0 Å². The summed E-state index contributed by atoms with van der Waals surface area (Å²) in [4.78, 5) is 12.0. The minimum Gasteiger partial charge on any atom is -0.397 e. The lowest BCUT2D eigenvalue weighted by molar-refractivity contribution is 0.136. The number of nitrogens with zero attached hydrogens (tertiary/aromatic N) is 5. The molecule has 9 nitrogen and oxygen atoms in total. The van der Waals surface area contributed by atoms with Crippen LogP contribution in [-0.4, -0.2) is 61.4 Å². The first kappa shape index (κ1) is 23.0. The van der Waals surface area contributed by atoms with Gasteiger partial charge in [0.05, 0.1) is 11.6 Å². The van der Waals surface area contributed by atoms with Crippen LogP contribution in [0.2, 0.25) is 0 Å². The summed E-state index contributed by atoms with van der Waals surface area (Å²) >= 11 is 0. The normalized spacial score (nSPS) is 21.8. The fraction of sp³-hybridized carbons (Fsp3) is 0.500. The van der Waals surface area contributed by atoms with E-state index in [0.29, 0.717) is 24.5 Å². The number of piperidine rings is 1. The van der Waals surface area contributed by atoms with Crippen LogP contribution >= 0.6 is 0 Å². The Morgan fingerprint density at radius 2 is 2.00 bits per heavy atom. The van der Waals surface area contributed by atoms with Gasteiger partial charge in [-0.25, -0.2) is 4.98 Å². The molecule has 3 aromatic heterocycles. The number of aliphatic hydroxyl groups excluding tert-OH is 1. The summed E-state index contributed by atoms with van der Waals surface area (Å²) in [5, 5.41) is 31.8. The molecule has 9 heteroatoms. The predicted octanol–water partition coefficient (Wildman–Crippen LogP) is 3.72. The number of nitriles is 1. The van der Waals surface area contributed by atoms with Crippen molar-refractivity contribution in [2.45, 2.75) is 64.1 Å². The van der Waals surface area contributed by atoms with E-state index in [-0.39, 0.29) is 6.61 Å². The third-order valence-electron chi connectivity index (χ3n) is 6.27. The number of aliphatic hydroxyl groups is 1. The Morgan fingerprint density at radius 3 is 2.67 bits per heavy atom. The van der Waals surface area contributed by atoms with Gasteiger partial charge in [-0.2, -0.15) is 10.4 Å². The molecule has 2 saturated heterocycles. The summed E-state index contributed by atoms with van der Waals surface area (Å²) < 4.78 is 0. The zero-order valence-corrected chi connectivity index (χ0v) is 19.3. The van der Waals surface area contributed by atoms with Gasteiger partial charge in [0.25, 0.3) is 0 Å². The lowest BCUT2D eigenvalue weighted by atomic mass is 9.97. The van der Waals surface area contributed by atoms with Crippen LogP contribution in [0.1, 0.15) is 44.7 Å². The highest BCUT2D eigenvalue weighted by Gasteiger charge is 2.40. The van der Waals surface area contributed by atoms with E-state index in [4.69, 9.17) is 15.4 Å². The number of hydrogen-bond acceptors (Lipinski definition) is 8. The maximum absolute atomic E-state index is 8.95. The molecule has 2 fully saturated rings. The van der Waals surface area contributed by atoms with Crippen LogP contribution in [0.25, 0.3) is 10.9 Å². The van der Waals surface area contributed by atoms with Crippen molar-refractivity contribution in [3.8, 4) is 6.07 Å². The summed E-state index contributed by atoms with van der Waals surface area (Å²) in [6.45, 7) is 4.80. The average Bonchev–Trinajstić information content (AvgIpc) is 3.31. The van der Waals surface area contributed by atoms with Gasteiger partial charge in [0.15, 0.2) is 5.82 Å². The van der Waals surface area contributed by atoms with Crippen molar-refractivity contribution < 1.29 is 5.11 Å². The lowest BCUT2D eigenvalue weighted by Crippen LogP contribution is -2.47. The van der Waals surface area contributed by atoms with Gasteiger partial charge in [-0.05, 0) is 51.7 Å². The number of rotatable bonds is 6. The van der Waals surface area contributed by atoms with Crippen LogP contribution in [0.4, 0.5) is 17.5 Å². The number of aromatic nitrogens is 4. The molecule has 0 amide bonds. The van der Waals surface area contributed by atoms with E-state index in [1.165, 1.54) is 12.8 Å². The molecule has 1 unspecified atom stereocenters. The van der Waals surface area contributed by atoms with E-state index in [2.05, 4.69) is 42.9 Å². The molecular formula is C24H32N8O. The number of H-pyrrole nitrogens is 1. The SMILES string of the molecule is CCO.Cc1cc(Nc2cc3ncccc3c(NC3C[C@H]4CC[C@@H](C3)N4CCC#N)n2)n[nH]1. The van der Waals surface area contributed by atoms with Gasteiger partial charge in [-0.1, -0.05) is 0 Å². The van der Waals surface area contributed by atoms with Crippen molar-refractivity contribution in [1.29, 1.82) is 5.26 Å². The number of aromatic amines is 1. The molecular weight excluding hydrogens is 416 g/mol. The fourth-order valence-corrected chi connectivity index (χ4v) is 4.99. The minimum absolute atomic E-state index is 0.250. The Hall–Kier alpha value is -3.22. The molecule has 0 aromatic carbocycles. The molecule has 3 aromatic rings. The monoisotopic (exact) mass is 448 g/mol. The summed E-state index contributed by atoms with van der Waals surface area (Å²) in [7, 11) is 0. The molecule has 5 heterocycles. The Bertz CT molecular complexity index is 1090. The topological polar surface area (TPSA) is 126 Å². The van der Waals surface area contributed by atoms with Crippen molar-refractivity contribution in [3.05, 3.63) is 36.2 Å². The molecule has 3 atom stereocenters. The van der Waals surface area contributed by atoms with Crippen molar-refractivity contribution >= 4 is 28.4 Å². The zero-order chi connectivity index (χ0) is 23.2. The number of fused-ring (bicyclic) bond motifs is 3. The van der Waals surface area contributed by atoms with Crippen molar-refractivity contribution in [3.63, 3.8) is 0 Å². The zero-order valence-electron chi connectivity index (χ0n) is 19.3. The first-order chi connectivity index (χ1) is 16.1. The Balaban J connectivity index is 0.000000821. The van der Waals surface area contributed by atoms with Crippen LogP contribution in [0.15, 0.2) is 30.5 Å². The van der Waals surface area contributed by atoms with Crippen LogP contribution in [0.3, 0.4) is 0 Å². The number of hydrogen-bond donors (Lipinski definition) is 4. The van der Waals surface area contributed by atoms with Gasteiger partial charge in [0.2, 0.25) is 0 Å². The predicted molar refractivity (Wildman–Crippen MR) is 129 cm³/mol. The summed E-state index contributed by atoms with van der Waals surface area (Å²) in [6, 6.07) is 11.7. The maximum Gasteiger partial charge on any atom is 0.153 e. The van der Waals surface area contributed by atoms with Crippen molar-refractivity contribution in [2.75, 3.05) is 23.8 Å². The van der Waals surface area contributed by atoms with E-state index in [1.54, 1.807) is 6.92 Å². The third-order valence-corrected chi connectivity index (χ3v) is 6.27. The molecule has 0 saturated carbocycles. The Labute approximate surface area is 194 Å². The molecule has 2 bridgehead atoms. The smallest absolute Gasteiger partial charge is 0.153 e. The molecule has 5 rings (SSSR count). The van der Waals surface area contributed by atoms with Crippen molar-refractivity contribution in [1.82, 2.24) is 25.1 Å². The van der Waals surface area contributed by atoms with Gasteiger partial charge in [-0.3, -0.25) is 15.0 Å². The van der Waals surface area contributed by atoms with Gasteiger partial charge >= 0.3 is 0 Å². The number of anilines is 3. The molecule has 4 N–H and O–H groups in total. The summed E-state index contributed by atoms with van der Waals surface area (Å²) in [5.41, 5.74) is 1.90. The second-order valence-corrected chi connectivity index (χ2v) is 8.65. The number of aryl methyl sites for hydroxylation is 1. The minimum atomic E-state index is 0.250. The molecule has 33 heavy (non-hydrogen) atoms. The second kappa shape index (κ2) is 10.6. The average molecular weight is 449 g/mol. The molecule has 2 aliphatic rings. The van der Waals surface area contributed by atoms with Gasteiger partial charge in [0.1, 0.15) is 11.6 Å². The molecule has 0 radical (unpaired) electrons. The molecule has 0 spiro atoms. The molecule has 174 valence electrons. The van der Waals surface area contributed by atoms with Crippen LogP contribution in [0.5, 0.6) is 0 Å². The lowest BCUT2D eigenvalue weighted by Gasteiger charge is -2.39. The second-order valence-electron chi connectivity index (χ2n) is 8.65. The van der Waals surface area contributed by atoms with E-state index in [0.717, 1.165) is 53.4 Å². The van der Waals surface area contributed by atoms with Crippen LogP contribution in [0, 0.1) is 18.3 Å². The molecule has 2 aliphatic heterocycles. The standard InChI is InChI=1S/C22H26N8.C2H6O/c1-14-10-21(29-28-14)26-20-13-19-18(4-2-8-24-19)22(27-20)25-15-11-16-5-6-17(12-15)30(16)9-3-7-23;1-2-3/h2,4,8,10,13,15-17H,3,5-6,9,11-12H2,1H3,(H3,25,26,27,28,29);3H,2H2,1H3/t15?,16-,17+;. The first-order valence-electron chi connectivity index (χ1n) is 11.7. The van der Waals surface area contributed by atoms with E-state index in [9.17, 15) is 0 Å². The van der Waals surface area contributed by atoms with Gasteiger partial charge in [0, 0.05) is 67.1 Å². The Morgan fingerprint density at radius 1 is 1.24 bits per heavy atom. The van der Waals surface area contributed by atoms with Crippen LogP contribution in [-0.2, 0) is 0 Å². The summed E-state index contributed by atoms with van der Waals surface area (Å²) in [6.07, 6.45) is 7.04. The quantitative estimate of drug-likeness (QED) is 0.449.